The predicted octanol–water partition coefficient (Wildman–Crippen LogP) is 0.102. The van der Waals surface area contributed by atoms with E-state index in [9.17, 15) is 14.4 Å². The average molecular weight is 246 g/mol. The SMILES string of the molecule is CCC(CC)(NCC(=O)NC(=O)OC)C(=O)O. The number of imide groups is 1. The van der Waals surface area contributed by atoms with Gasteiger partial charge >= 0.3 is 12.1 Å². The maximum Gasteiger partial charge on any atom is 0.413 e. The van der Waals surface area contributed by atoms with Gasteiger partial charge in [0.1, 0.15) is 5.54 Å². The zero-order valence-electron chi connectivity index (χ0n) is 10.2. The Morgan fingerprint density at radius 1 is 1.24 bits per heavy atom. The molecule has 0 rings (SSSR count). The second-order valence-corrected chi connectivity index (χ2v) is 3.49. The molecule has 0 heterocycles. The predicted molar refractivity (Wildman–Crippen MR) is 59.5 cm³/mol. The van der Waals surface area contributed by atoms with Gasteiger partial charge in [-0.2, -0.15) is 0 Å². The van der Waals surface area contributed by atoms with E-state index in [1.807, 2.05) is 5.32 Å². The first-order valence-electron chi connectivity index (χ1n) is 5.28. The number of alkyl carbamates (subject to hydrolysis) is 1. The summed E-state index contributed by atoms with van der Waals surface area (Å²) in [6.45, 7) is 3.16. The number of aliphatic carboxylic acids is 1. The summed E-state index contributed by atoms with van der Waals surface area (Å²) in [5.41, 5.74) is -1.15. The Bertz CT molecular complexity index is 299. The molecule has 2 amide bonds. The minimum atomic E-state index is -1.15. The summed E-state index contributed by atoms with van der Waals surface area (Å²) in [7, 11) is 1.13. The van der Waals surface area contributed by atoms with Crippen LogP contribution in [0.1, 0.15) is 26.7 Å². The first-order chi connectivity index (χ1) is 7.91. The van der Waals surface area contributed by atoms with Crippen molar-refractivity contribution in [2.24, 2.45) is 0 Å². The van der Waals surface area contributed by atoms with Gasteiger partial charge in [0.15, 0.2) is 0 Å². The molecule has 7 heteroatoms. The van der Waals surface area contributed by atoms with E-state index in [2.05, 4.69) is 10.1 Å². The van der Waals surface area contributed by atoms with Crippen LogP contribution in [-0.4, -0.2) is 42.3 Å². The highest BCUT2D eigenvalue weighted by atomic mass is 16.5. The number of carbonyl (C=O) groups excluding carboxylic acids is 2. The molecule has 0 aliphatic heterocycles. The van der Waals surface area contributed by atoms with Gasteiger partial charge in [0, 0.05) is 0 Å². The van der Waals surface area contributed by atoms with Crippen LogP contribution in [0.3, 0.4) is 0 Å². The second-order valence-electron chi connectivity index (χ2n) is 3.49. The molecule has 98 valence electrons. The number of carboxylic acid groups (broad SMARTS) is 1. The topological polar surface area (TPSA) is 105 Å². The van der Waals surface area contributed by atoms with E-state index >= 15 is 0 Å². The van der Waals surface area contributed by atoms with Crippen LogP contribution in [0.25, 0.3) is 0 Å². The third kappa shape index (κ3) is 4.39. The van der Waals surface area contributed by atoms with Crippen LogP contribution < -0.4 is 10.6 Å². The normalized spacial score (nSPS) is 10.8. The molecule has 0 aromatic rings. The van der Waals surface area contributed by atoms with E-state index in [0.717, 1.165) is 7.11 Å². The molecule has 17 heavy (non-hydrogen) atoms. The fourth-order valence-electron chi connectivity index (χ4n) is 1.34. The van der Waals surface area contributed by atoms with Crippen LogP contribution in [0.4, 0.5) is 4.79 Å². The number of ether oxygens (including phenoxy) is 1. The minimum absolute atomic E-state index is 0.261. The number of methoxy groups -OCH3 is 1. The van der Waals surface area contributed by atoms with Crippen LogP contribution in [0.2, 0.25) is 0 Å². The van der Waals surface area contributed by atoms with Crippen molar-refractivity contribution in [1.29, 1.82) is 0 Å². The second kappa shape index (κ2) is 6.85. The number of carbonyl (C=O) groups is 3. The molecule has 7 nitrogen and oxygen atoms in total. The first kappa shape index (κ1) is 15.4. The van der Waals surface area contributed by atoms with Gasteiger partial charge < -0.3 is 9.84 Å². The maximum atomic E-state index is 11.2. The fourth-order valence-corrected chi connectivity index (χ4v) is 1.34. The van der Waals surface area contributed by atoms with E-state index in [1.54, 1.807) is 13.8 Å². The van der Waals surface area contributed by atoms with Crippen molar-refractivity contribution in [1.82, 2.24) is 10.6 Å². The van der Waals surface area contributed by atoms with E-state index < -0.39 is 23.5 Å². The van der Waals surface area contributed by atoms with E-state index in [1.165, 1.54) is 0 Å². The van der Waals surface area contributed by atoms with Crippen molar-refractivity contribution >= 4 is 18.0 Å². The van der Waals surface area contributed by atoms with Gasteiger partial charge in [0.25, 0.3) is 0 Å². The molecule has 0 fully saturated rings. The molecular weight excluding hydrogens is 228 g/mol. The lowest BCUT2D eigenvalue weighted by atomic mass is 9.93. The first-order valence-corrected chi connectivity index (χ1v) is 5.28. The smallest absolute Gasteiger partial charge is 0.413 e. The van der Waals surface area contributed by atoms with Crippen LogP contribution in [0, 0.1) is 0 Å². The summed E-state index contributed by atoms with van der Waals surface area (Å²) in [4.78, 5) is 33.1. The fraction of sp³-hybridized carbons (Fsp3) is 0.700. The van der Waals surface area contributed by atoms with Gasteiger partial charge in [0.2, 0.25) is 5.91 Å². The summed E-state index contributed by atoms with van der Waals surface area (Å²) < 4.78 is 4.24. The summed E-state index contributed by atoms with van der Waals surface area (Å²) in [5.74, 6) is -1.65. The molecule has 0 aromatic heterocycles. The lowest BCUT2D eigenvalue weighted by Crippen LogP contribution is -2.54. The number of nitrogens with one attached hydrogen (secondary N) is 2. The van der Waals surface area contributed by atoms with E-state index in [-0.39, 0.29) is 6.54 Å². The van der Waals surface area contributed by atoms with E-state index in [4.69, 9.17) is 5.11 Å². The Morgan fingerprint density at radius 2 is 1.76 bits per heavy atom. The lowest BCUT2D eigenvalue weighted by molar-refractivity contribution is -0.145. The molecule has 0 saturated carbocycles. The average Bonchev–Trinajstić information content (AvgIpc) is 2.30. The Kier molecular flexibility index (Phi) is 6.19. The molecule has 0 spiro atoms. The summed E-state index contributed by atoms with van der Waals surface area (Å²) in [6.07, 6.45) is -0.194. The van der Waals surface area contributed by atoms with Gasteiger partial charge in [-0.05, 0) is 12.8 Å². The number of rotatable bonds is 6. The van der Waals surface area contributed by atoms with E-state index in [0.29, 0.717) is 12.8 Å². The summed E-state index contributed by atoms with van der Waals surface area (Å²) in [5, 5.41) is 13.7. The largest absolute Gasteiger partial charge is 0.480 e. The summed E-state index contributed by atoms with van der Waals surface area (Å²) >= 11 is 0. The third-order valence-electron chi connectivity index (χ3n) is 2.63. The molecule has 0 aliphatic rings. The highest BCUT2D eigenvalue weighted by molar-refractivity contribution is 5.93. The van der Waals surface area contributed by atoms with Crippen LogP contribution in [0.5, 0.6) is 0 Å². The van der Waals surface area contributed by atoms with Crippen molar-refractivity contribution in [3.8, 4) is 0 Å². The number of hydrogen-bond donors (Lipinski definition) is 3. The molecule has 0 aromatic carbocycles. The number of carboxylic acids is 1. The number of hydrogen-bond acceptors (Lipinski definition) is 5. The summed E-state index contributed by atoms with van der Waals surface area (Å²) in [6, 6.07) is 0. The molecule has 0 radical (unpaired) electrons. The van der Waals surface area contributed by atoms with Crippen molar-refractivity contribution < 1.29 is 24.2 Å². The van der Waals surface area contributed by atoms with Crippen LogP contribution >= 0.6 is 0 Å². The van der Waals surface area contributed by atoms with Crippen LogP contribution in [0.15, 0.2) is 0 Å². The van der Waals surface area contributed by atoms with Crippen molar-refractivity contribution in [2.75, 3.05) is 13.7 Å². The molecule has 0 unspecified atom stereocenters. The molecule has 3 N–H and O–H groups in total. The monoisotopic (exact) mass is 246 g/mol. The standard InChI is InChI=1S/C10H18N2O5/c1-4-10(5-2,8(14)15)11-6-7(13)12-9(16)17-3/h11H,4-6H2,1-3H3,(H,14,15)(H,12,13,16). The zero-order valence-corrected chi connectivity index (χ0v) is 10.2. The van der Waals surface area contributed by atoms with Crippen molar-refractivity contribution in [2.45, 2.75) is 32.2 Å². The van der Waals surface area contributed by atoms with Gasteiger partial charge in [-0.15, -0.1) is 0 Å². The molecule has 0 atom stereocenters. The Hall–Kier alpha value is -1.63. The Morgan fingerprint density at radius 3 is 2.12 bits per heavy atom. The third-order valence-corrected chi connectivity index (χ3v) is 2.63. The van der Waals surface area contributed by atoms with Gasteiger partial charge in [0.05, 0.1) is 13.7 Å². The minimum Gasteiger partial charge on any atom is -0.480 e. The van der Waals surface area contributed by atoms with Gasteiger partial charge in [-0.3, -0.25) is 20.2 Å². The highest BCUT2D eigenvalue weighted by Crippen LogP contribution is 2.14. The Balaban J connectivity index is 4.37. The molecular formula is C10H18N2O5. The van der Waals surface area contributed by atoms with Gasteiger partial charge in [-0.1, -0.05) is 13.8 Å². The highest BCUT2D eigenvalue weighted by Gasteiger charge is 2.34. The van der Waals surface area contributed by atoms with Crippen LogP contribution in [-0.2, 0) is 14.3 Å². The maximum absolute atomic E-state index is 11.2. The Labute approximate surface area is 99.5 Å². The molecule has 0 aliphatic carbocycles. The zero-order chi connectivity index (χ0) is 13.5. The quantitative estimate of drug-likeness (QED) is 0.614. The molecule has 0 saturated heterocycles. The van der Waals surface area contributed by atoms with Gasteiger partial charge in [-0.25, -0.2) is 4.79 Å². The van der Waals surface area contributed by atoms with Crippen molar-refractivity contribution in [3.05, 3.63) is 0 Å². The molecule has 0 bridgehead atoms. The van der Waals surface area contributed by atoms with Crippen molar-refractivity contribution in [3.63, 3.8) is 0 Å². The number of amides is 2. The lowest BCUT2D eigenvalue weighted by Gasteiger charge is -2.27.